The van der Waals surface area contributed by atoms with Gasteiger partial charge in [0.05, 0.1) is 38.4 Å². The van der Waals surface area contributed by atoms with Crippen LogP contribution in [-0.2, 0) is 11.3 Å². The Bertz CT molecular complexity index is 695. The molecule has 7 heteroatoms. The largest absolute Gasteiger partial charge is 0.323 e. The van der Waals surface area contributed by atoms with Crippen LogP contribution in [0.25, 0.3) is 0 Å². The van der Waals surface area contributed by atoms with Gasteiger partial charge in [-0.2, -0.15) is 5.10 Å². The van der Waals surface area contributed by atoms with Crippen molar-refractivity contribution in [1.29, 1.82) is 0 Å². The molecule has 0 saturated carbocycles. The van der Waals surface area contributed by atoms with E-state index in [1.165, 1.54) is 0 Å². The zero-order valence-corrected chi connectivity index (χ0v) is 15.6. The average molecular weight is 405 g/mol. The number of carbonyl (C=O) groups is 1. The fourth-order valence-electron chi connectivity index (χ4n) is 2.06. The number of hydrogen-bond donors (Lipinski definition) is 1. The van der Waals surface area contributed by atoms with Crippen LogP contribution in [0, 0.1) is 19.8 Å². The van der Waals surface area contributed by atoms with Gasteiger partial charge in [-0.05, 0) is 41.9 Å². The van der Waals surface area contributed by atoms with Gasteiger partial charge in [0.15, 0.2) is 0 Å². The highest BCUT2D eigenvalue weighted by atomic mass is 79.9. The summed E-state index contributed by atoms with van der Waals surface area (Å²) < 4.78 is 2.78. The topological polar surface area (TPSA) is 46.9 Å². The molecule has 2 rings (SSSR count). The van der Waals surface area contributed by atoms with Crippen molar-refractivity contribution >= 4 is 50.7 Å². The number of benzene rings is 1. The van der Waals surface area contributed by atoms with E-state index in [0.717, 1.165) is 15.9 Å². The van der Waals surface area contributed by atoms with E-state index >= 15 is 0 Å². The first kappa shape index (κ1) is 17.3. The van der Waals surface area contributed by atoms with Crippen molar-refractivity contribution in [1.82, 2.24) is 9.78 Å². The van der Waals surface area contributed by atoms with Gasteiger partial charge in [-0.3, -0.25) is 9.48 Å². The number of amides is 1. The molecule has 118 valence electrons. The maximum atomic E-state index is 12.3. The third-order valence-corrected chi connectivity index (χ3v) is 5.18. The fraction of sp³-hybridized carbons (Fsp3) is 0.333. The van der Waals surface area contributed by atoms with E-state index in [1.54, 1.807) is 18.2 Å². The van der Waals surface area contributed by atoms with Gasteiger partial charge in [0.2, 0.25) is 5.91 Å². The highest BCUT2D eigenvalue weighted by Gasteiger charge is 2.19. The van der Waals surface area contributed by atoms with Crippen LogP contribution in [0.15, 0.2) is 22.7 Å². The molecule has 0 fully saturated rings. The van der Waals surface area contributed by atoms with Crippen molar-refractivity contribution in [2.45, 2.75) is 27.3 Å². The number of hydrogen-bond acceptors (Lipinski definition) is 2. The van der Waals surface area contributed by atoms with Gasteiger partial charge in [0.1, 0.15) is 0 Å². The molecule has 2 aromatic rings. The van der Waals surface area contributed by atoms with Crippen LogP contribution in [0.3, 0.4) is 0 Å². The molecular formula is C15H16BrCl2N3O. The molecular weight excluding hydrogens is 389 g/mol. The molecule has 0 radical (unpaired) electrons. The zero-order chi connectivity index (χ0) is 16.4. The lowest BCUT2D eigenvalue weighted by molar-refractivity contribution is -0.119. The third kappa shape index (κ3) is 3.65. The standard InChI is InChI=1S/C15H16BrCl2N3O/c1-8(7-21-10(3)13(16)9(2)20-21)15(22)19-14-11(17)5-4-6-12(14)18/h4-6,8H,7H2,1-3H3,(H,19,22). The molecule has 1 heterocycles. The minimum atomic E-state index is -0.280. The number of rotatable bonds is 4. The highest BCUT2D eigenvalue weighted by Crippen LogP contribution is 2.30. The summed E-state index contributed by atoms with van der Waals surface area (Å²) in [5.41, 5.74) is 2.34. The van der Waals surface area contributed by atoms with Crippen LogP contribution in [0.5, 0.6) is 0 Å². The molecule has 0 aliphatic heterocycles. The number of carbonyl (C=O) groups excluding carboxylic acids is 1. The van der Waals surface area contributed by atoms with E-state index < -0.39 is 0 Å². The van der Waals surface area contributed by atoms with Crippen LogP contribution in [-0.4, -0.2) is 15.7 Å². The monoisotopic (exact) mass is 403 g/mol. The van der Waals surface area contributed by atoms with Gasteiger partial charge in [0, 0.05) is 5.69 Å². The van der Waals surface area contributed by atoms with E-state index in [4.69, 9.17) is 23.2 Å². The molecule has 0 bridgehead atoms. The van der Waals surface area contributed by atoms with Crippen molar-refractivity contribution in [2.75, 3.05) is 5.32 Å². The number of nitrogens with one attached hydrogen (secondary N) is 1. The summed E-state index contributed by atoms with van der Waals surface area (Å²) in [5, 5.41) is 8.03. The number of nitrogens with zero attached hydrogens (tertiary/aromatic N) is 2. The van der Waals surface area contributed by atoms with Gasteiger partial charge < -0.3 is 5.32 Å². The van der Waals surface area contributed by atoms with E-state index in [9.17, 15) is 4.79 Å². The van der Waals surface area contributed by atoms with Crippen molar-refractivity contribution in [3.63, 3.8) is 0 Å². The summed E-state index contributed by atoms with van der Waals surface area (Å²) in [6, 6.07) is 5.11. The second-order valence-corrected chi connectivity index (χ2v) is 6.76. The molecule has 1 atom stereocenters. The summed E-state index contributed by atoms with van der Waals surface area (Å²) in [4.78, 5) is 12.3. The SMILES string of the molecule is Cc1nn(CC(C)C(=O)Nc2c(Cl)cccc2Cl)c(C)c1Br. The number of anilines is 1. The second kappa shape index (κ2) is 7.02. The first-order valence-corrected chi connectivity index (χ1v) is 8.30. The van der Waals surface area contributed by atoms with Crippen LogP contribution >= 0.6 is 39.1 Å². The number of aryl methyl sites for hydroxylation is 1. The molecule has 0 spiro atoms. The molecule has 1 aromatic heterocycles. The highest BCUT2D eigenvalue weighted by molar-refractivity contribution is 9.10. The molecule has 0 saturated heterocycles. The maximum absolute atomic E-state index is 12.3. The minimum Gasteiger partial charge on any atom is -0.323 e. The Morgan fingerprint density at radius 1 is 1.36 bits per heavy atom. The number of para-hydroxylation sites is 1. The smallest absolute Gasteiger partial charge is 0.229 e. The van der Waals surface area contributed by atoms with E-state index in [1.807, 2.05) is 25.5 Å². The summed E-state index contributed by atoms with van der Waals surface area (Å²) in [7, 11) is 0. The number of halogens is 3. The van der Waals surface area contributed by atoms with Gasteiger partial charge >= 0.3 is 0 Å². The zero-order valence-electron chi connectivity index (χ0n) is 12.5. The number of aromatic nitrogens is 2. The first-order chi connectivity index (χ1) is 10.3. The Morgan fingerprint density at radius 3 is 2.45 bits per heavy atom. The maximum Gasteiger partial charge on any atom is 0.229 e. The molecule has 1 N–H and O–H groups in total. The Labute approximate surface area is 147 Å². The Hall–Kier alpha value is -1.04. The molecule has 1 unspecified atom stereocenters. The lowest BCUT2D eigenvalue weighted by Crippen LogP contribution is -2.25. The molecule has 0 aliphatic rings. The van der Waals surface area contributed by atoms with Gasteiger partial charge in [0.25, 0.3) is 0 Å². The normalized spacial score (nSPS) is 12.3. The van der Waals surface area contributed by atoms with Crippen LogP contribution in [0.1, 0.15) is 18.3 Å². The summed E-state index contributed by atoms with van der Waals surface area (Å²) >= 11 is 15.6. The minimum absolute atomic E-state index is 0.154. The van der Waals surface area contributed by atoms with Crippen molar-refractivity contribution in [3.8, 4) is 0 Å². The van der Waals surface area contributed by atoms with Gasteiger partial charge in [-0.1, -0.05) is 36.2 Å². The molecule has 22 heavy (non-hydrogen) atoms. The van der Waals surface area contributed by atoms with Crippen LogP contribution in [0.4, 0.5) is 5.69 Å². The lowest BCUT2D eigenvalue weighted by atomic mass is 10.1. The summed E-state index contributed by atoms with van der Waals surface area (Å²) in [5.74, 6) is -0.434. The van der Waals surface area contributed by atoms with Crippen molar-refractivity contribution in [2.24, 2.45) is 5.92 Å². The molecule has 4 nitrogen and oxygen atoms in total. The Morgan fingerprint density at radius 2 is 1.95 bits per heavy atom. The van der Waals surface area contributed by atoms with Crippen molar-refractivity contribution < 1.29 is 4.79 Å². The second-order valence-electron chi connectivity index (χ2n) is 5.15. The fourth-order valence-corrected chi connectivity index (χ4v) is 2.83. The van der Waals surface area contributed by atoms with E-state index in [0.29, 0.717) is 22.3 Å². The molecule has 1 aromatic carbocycles. The summed E-state index contributed by atoms with van der Waals surface area (Å²) in [6.07, 6.45) is 0. The van der Waals surface area contributed by atoms with E-state index in [-0.39, 0.29) is 11.8 Å². The van der Waals surface area contributed by atoms with Crippen LogP contribution in [0.2, 0.25) is 10.0 Å². The predicted molar refractivity (Wildman–Crippen MR) is 93.7 cm³/mol. The van der Waals surface area contributed by atoms with Gasteiger partial charge in [-0.25, -0.2) is 0 Å². The van der Waals surface area contributed by atoms with E-state index in [2.05, 4.69) is 26.3 Å². The summed E-state index contributed by atoms with van der Waals surface area (Å²) in [6.45, 7) is 6.19. The predicted octanol–water partition coefficient (Wildman–Crippen LogP) is 4.84. The first-order valence-electron chi connectivity index (χ1n) is 6.75. The average Bonchev–Trinajstić information content (AvgIpc) is 2.70. The van der Waals surface area contributed by atoms with Crippen molar-refractivity contribution in [3.05, 3.63) is 44.1 Å². The van der Waals surface area contributed by atoms with Crippen LogP contribution < -0.4 is 5.32 Å². The van der Waals surface area contributed by atoms with Gasteiger partial charge in [-0.15, -0.1) is 0 Å². The Balaban J connectivity index is 2.11. The third-order valence-electron chi connectivity index (χ3n) is 3.40. The molecule has 1 amide bonds. The lowest BCUT2D eigenvalue weighted by Gasteiger charge is -2.15. The Kier molecular flexibility index (Phi) is 5.53. The molecule has 0 aliphatic carbocycles. The quantitative estimate of drug-likeness (QED) is 0.791.